The predicted molar refractivity (Wildman–Crippen MR) is 136 cm³/mol. The molecule has 0 atom stereocenters. The first kappa shape index (κ1) is 21.6. The Bertz CT molecular complexity index is 1360. The molecular weight excluding hydrogens is 446 g/mol. The number of rotatable bonds is 9. The van der Waals surface area contributed by atoms with Crippen molar-refractivity contribution >= 4 is 50.3 Å². The molecule has 0 spiro atoms. The molecular formula is C25H31N7OS. The number of amides is 1. The summed E-state index contributed by atoms with van der Waals surface area (Å²) in [4.78, 5) is 29.9. The van der Waals surface area contributed by atoms with Gasteiger partial charge in [-0.15, -0.1) is 11.3 Å². The zero-order chi connectivity index (χ0) is 23.4. The molecule has 4 aromatic heterocycles. The molecule has 2 aliphatic carbocycles. The molecule has 0 aromatic carbocycles. The van der Waals surface area contributed by atoms with Crippen LogP contribution in [0.4, 0.5) is 10.9 Å². The lowest BCUT2D eigenvalue weighted by Crippen LogP contribution is -2.36. The van der Waals surface area contributed by atoms with Gasteiger partial charge in [0.15, 0.2) is 10.9 Å². The molecule has 6 rings (SSSR count). The molecule has 4 heterocycles. The van der Waals surface area contributed by atoms with Gasteiger partial charge in [-0.1, -0.05) is 13.3 Å². The summed E-state index contributed by atoms with van der Waals surface area (Å²) in [5.41, 5.74) is 4.87. The number of carbonyl (C=O) groups is 1. The summed E-state index contributed by atoms with van der Waals surface area (Å²) in [6.07, 6.45) is 8.91. The summed E-state index contributed by atoms with van der Waals surface area (Å²) in [6, 6.07) is 3.08. The SMILES string of the molecule is CCCc1csc(Nc2nc3c(cc(CC(=O)N(C4CC4)C4CC4)n3CC)c3c2ncn3C)n1. The summed E-state index contributed by atoms with van der Waals surface area (Å²) in [7, 11) is 2.01. The van der Waals surface area contributed by atoms with Gasteiger partial charge in [-0.05, 0) is 45.1 Å². The molecule has 1 amide bonds. The average molecular weight is 478 g/mol. The van der Waals surface area contributed by atoms with E-state index in [1.54, 1.807) is 11.3 Å². The Hall–Kier alpha value is -2.94. The van der Waals surface area contributed by atoms with Crippen LogP contribution < -0.4 is 5.32 Å². The zero-order valence-corrected chi connectivity index (χ0v) is 20.9. The Balaban J connectivity index is 1.40. The maximum absolute atomic E-state index is 13.3. The number of pyridine rings is 1. The number of nitrogens with zero attached hydrogens (tertiary/aromatic N) is 6. The van der Waals surface area contributed by atoms with Crippen molar-refractivity contribution in [3.8, 4) is 0 Å². The molecule has 0 radical (unpaired) electrons. The predicted octanol–water partition coefficient (Wildman–Crippen LogP) is 4.79. The zero-order valence-electron chi connectivity index (χ0n) is 20.0. The van der Waals surface area contributed by atoms with Crippen LogP contribution in [0.3, 0.4) is 0 Å². The Morgan fingerprint density at radius 3 is 2.65 bits per heavy atom. The van der Waals surface area contributed by atoms with Crippen LogP contribution in [-0.4, -0.2) is 47.0 Å². The number of anilines is 2. The van der Waals surface area contributed by atoms with Gasteiger partial charge in [-0.3, -0.25) is 4.79 Å². The van der Waals surface area contributed by atoms with E-state index in [-0.39, 0.29) is 5.91 Å². The van der Waals surface area contributed by atoms with Crippen LogP contribution in [0.1, 0.15) is 57.3 Å². The Morgan fingerprint density at radius 2 is 1.97 bits per heavy atom. The molecule has 2 saturated carbocycles. The van der Waals surface area contributed by atoms with Gasteiger partial charge >= 0.3 is 0 Å². The number of fused-ring (bicyclic) bond motifs is 3. The topological polar surface area (TPSA) is 80.9 Å². The summed E-state index contributed by atoms with van der Waals surface area (Å²) in [5.74, 6) is 0.970. The lowest BCUT2D eigenvalue weighted by molar-refractivity contribution is -0.131. The number of aryl methyl sites for hydroxylation is 3. The molecule has 2 fully saturated rings. The first-order valence-electron chi connectivity index (χ1n) is 12.4. The quantitative estimate of drug-likeness (QED) is 0.375. The summed E-state index contributed by atoms with van der Waals surface area (Å²) >= 11 is 1.60. The van der Waals surface area contributed by atoms with Crippen molar-refractivity contribution in [3.63, 3.8) is 0 Å². The molecule has 9 heteroatoms. The Labute approximate surface area is 203 Å². The molecule has 0 unspecified atom stereocenters. The lowest BCUT2D eigenvalue weighted by Gasteiger charge is -2.22. The van der Waals surface area contributed by atoms with E-state index in [0.29, 0.717) is 24.3 Å². The van der Waals surface area contributed by atoms with Crippen molar-refractivity contribution < 1.29 is 4.79 Å². The van der Waals surface area contributed by atoms with Gasteiger partial charge in [0.25, 0.3) is 0 Å². The average Bonchev–Trinajstić information content (AvgIpc) is 3.72. The number of thiazole rings is 1. The first-order valence-corrected chi connectivity index (χ1v) is 13.3. The van der Waals surface area contributed by atoms with Crippen LogP contribution in [0.15, 0.2) is 17.8 Å². The van der Waals surface area contributed by atoms with Crippen LogP contribution in [0.25, 0.3) is 22.1 Å². The molecule has 1 N–H and O–H groups in total. The smallest absolute Gasteiger partial charge is 0.229 e. The summed E-state index contributed by atoms with van der Waals surface area (Å²) < 4.78 is 4.23. The summed E-state index contributed by atoms with van der Waals surface area (Å²) in [5, 5.41) is 7.40. The minimum atomic E-state index is 0.258. The highest BCUT2D eigenvalue weighted by atomic mass is 32.1. The van der Waals surface area contributed by atoms with Crippen molar-refractivity contribution in [2.75, 3.05) is 5.32 Å². The van der Waals surface area contributed by atoms with Gasteiger partial charge in [-0.25, -0.2) is 15.0 Å². The number of imidazole rings is 1. The minimum Gasteiger partial charge on any atom is -0.336 e. The van der Waals surface area contributed by atoms with Gasteiger partial charge in [-0.2, -0.15) is 0 Å². The van der Waals surface area contributed by atoms with Gasteiger partial charge < -0.3 is 19.4 Å². The number of aromatic nitrogens is 5. The van der Waals surface area contributed by atoms with Crippen molar-refractivity contribution in [2.45, 2.75) is 77.4 Å². The number of hydrogen-bond donors (Lipinski definition) is 1. The van der Waals surface area contributed by atoms with E-state index < -0.39 is 0 Å². The van der Waals surface area contributed by atoms with Crippen LogP contribution >= 0.6 is 11.3 Å². The highest BCUT2D eigenvalue weighted by Crippen LogP contribution is 2.38. The highest BCUT2D eigenvalue weighted by molar-refractivity contribution is 7.13. The third-order valence-electron chi connectivity index (χ3n) is 6.89. The van der Waals surface area contributed by atoms with Gasteiger partial charge in [0.2, 0.25) is 5.91 Å². The second kappa shape index (κ2) is 8.37. The fourth-order valence-electron chi connectivity index (χ4n) is 5.05. The molecule has 178 valence electrons. The Morgan fingerprint density at radius 1 is 1.21 bits per heavy atom. The molecule has 4 aromatic rings. The number of carbonyl (C=O) groups excluding carboxylic acids is 1. The van der Waals surface area contributed by atoms with E-state index in [2.05, 4.69) is 45.1 Å². The largest absolute Gasteiger partial charge is 0.336 e. The molecule has 0 aliphatic heterocycles. The van der Waals surface area contributed by atoms with E-state index >= 15 is 0 Å². The van der Waals surface area contributed by atoms with Crippen LogP contribution in [0.2, 0.25) is 0 Å². The van der Waals surface area contributed by atoms with E-state index in [9.17, 15) is 4.79 Å². The van der Waals surface area contributed by atoms with Crippen LogP contribution in [-0.2, 0) is 31.2 Å². The first-order chi connectivity index (χ1) is 16.6. The van der Waals surface area contributed by atoms with E-state index in [0.717, 1.165) is 83.7 Å². The second-order valence-electron chi connectivity index (χ2n) is 9.59. The molecule has 8 nitrogen and oxygen atoms in total. The van der Waals surface area contributed by atoms with Crippen molar-refractivity contribution in [1.29, 1.82) is 0 Å². The van der Waals surface area contributed by atoms with E-state index in [4.69, 9.17) is 9.97 Å². The molecule has 34 heavy (non-hydrogen) atoms. The van der Waals surface area contributed by atoms with Crippen LogP contribution in [0, 0.1) is 0 Å². The van der Waals surface area contributed by atoms with Gasteiger partial charge in [0.05, 0.1) is 24.0 Å². The standard InChI is InChI=1S/C25H31N7OS/c1-4-6-15-13-34-25(27-15)29-23-21-22(30(3)14-26-21)19-11-18(31(5-2)24(19)28-23)12-20(33)32(16-7-8-16)17-9-10-17/h11,13-14,16-17H,4-10,12H2,1-3H3,(H,27,28,29). The number of nitrogens with one attached hydrogen (secondary N) is 1. The Kier molecular flexibility index (Phi) is 5.32. The van der Waals surface area contributed by atoms with Crippen LogP contribution in [0.5, 0.6) is 0 Å². The third kappa shape index (κ3) is 3.76. The van der Waals surface area contributed by atoms with Gasteiger partial charge in [0, 0.05) is 42.1 Å². The maximum atomic E-state index is 13.3. The highest BCUT2D eigenvalue weighted by Gasteiger charge is 2.42. The molecule has 2 aliphatic rings. The van der Waals surface area contributed by atoms with E-state index in [1.165, 1.54) is 0 Å². The van der Waals surface area contributed by atoms with Crippen molar-refractivity contribution in [1.82, 2.24) is 29.0 Å². The van der Waals surface area contributed by atoms with E-state index in [1.807, 2.05) is 17.9 Å². The normalized spacial score (nSPS) is 16.0. The fourth-order valence-corrected chi connectivity index (χ4v) is 5.79. The van der Waals surface area contributed by atoms with Gasteiger partial charge in [0.1, 0.15) is 11.2 Å². The minimum absolute atomic E-state index is 0.258. The number of hydrogen-bond acceptors (Lipinski definition) is 6. The summed E-state index contributed by atoms with van der Waals surface area (Å²) in [6.45, 7) is 5.04. The molecule has 0 saturated heterocycles. The fraction of sp³-hybridized carbons (Fsp3) is 0.520. The lowest BCUT2D eigenvalue weighted by atomic mass is 10.2. The van der Waals surface area contributed by atoms with Crippen molar-refractivity contribution in [2.24, 2.45) is 7.05 Å². The monoisotopic (exact) mass is 477 g/mol. The second-order valence-corrected chi connectivity index (χ2v) is 10.4. The molecule has 0 bridgehead atoms. The maximum Gasteiger partial charge on any atom is 0.229 e. The third-order valence-corrected chi connectivity index (χ3v) is 7.70. The van der Waals surface area contributed by atoms with Crippen molar-refractivity contribution in [3.05, 3.63) is 29.2 Å².